The standard InChI is InChI=1S/C25H22N2O4/c1-15-11-12-17(14-16(15)2)27-22(19-9-6-7-13-26-19)21(24(29)25(27)30)23(28)18-8-4-5-10-20(18)31-3/h4-14,22,28H,1-3H3/b23-21+. The van der Waals surface area contributed by atoms with E-state index in [2.05, 4.69) is 4.98 Å². The van der Waals surface area contributed by atoms with Gasteiger partial charge in [-0.3, -0.25) is 19.5 Å². The van der Waals surface area contributed by atoms with E-state index >= 15 is 0 Å². The van der Waals surface area contributed by atoms with Gasteiger partial charge in [0.15, 0.2) is 0 Å². The van der Waals surface area contributed by atoms with Gasteiger partial charge in [-0.2, -0.15) is 0 Å². The Morgan fingerprint density at radius 3 is 2.42 bits per heavy atom. The summed E-state index contributed by atoms with van der Waals surface area (Å²) < 4.78 is 5.35. The molecule has 0 spiro atoms. The monoisotopic (exact) mass is 414 g/mol. The van der Waals surface area contributed by atoms with E-state index in [0.29, 0.717) is 22.7 Å². The molecule has 3 aromatic rings. The predicted molar refractivity (Wildman–Crippen MR) is 118 cm³/mol. The van der Waals surface area contributed by atoms with Crippen molar-refractivity contribution in [2.24, 2.45) is 0 Å². The van der Waals surface area contributed by atoms with Crippen molar-refractivity contribution in [3.63, 3.8) is 0 Å². The lowest BCUT2D eigenvalue weighted by molar-refractivity contribution is -0.132. The Morgan fingerprint density at radius 1 is 1.00 bits per heavy atom. The summed E-state index contributed by atoms with van der Waals surface area (Å²) >= 11 is 0. The number of pyridine rings is 1. The third kappa shape index (κ3) is 3.46. The Morgan fingerprint density at radius 2 is 1.74 bits per heavy atom. The van der Waals surface area contributed by atoms with E-state index in [1.807, 2.05) is 26.0 Å². The quantitative estimate of drug-likeness (QED) is 0.390. The summed E-state index contributed by atoms with van der Waals surface area (Å²) in [5.41, 5.74) is 3.43. The van der Waals surface area contributed by atoms with Crippen molar-refractivity contribution in [1.82, 2.24) is 4.98 Å². The van der Waals surface area contributed by atoms with E-state index in [0.717, 1.165) is 11.1 Å². The van der Waals surface area contributed by atoms with E-state index in [1.165, 1.54) is 12.0 Å². The van der Waals surface area contributed by atoms with Gasteiger partial charge in [0.1, 0.15) is 17.6 Å². The maximum atomic E-state index is 13.2. The molecule has 6 heteroatoms. The van der Waals surface area contributed by atoms with Crippen molar-refractivity contribution in [2.75, 3.05) is 12.0 Å². The van der Waals surface area contributed by atoms with Crippen molar-refractivity contribution in [3.05, 3.63) is 94.8 Å². The lowest BCUT2D eigenvalue weighted by Gasteiger charge is -2.25. The minimum Gasteiger partial charge on any atom is -0.507 e. The van der Waals surface area contributed by atoms with Gasteiger partial charge in [0.25, 0.3) is 11.7 Å². The first-order valence-electron chi connectivity index (χ1n) is 9.86. The number of hydrogen-bond donors (Lipinski definition) is 1. The molecule has 0 saturated carbocycles. The Kier molecular flexibility index (Phi) is 5.29. The number of anilines is 1. The van der Waals surface area contributed by atoms with Crippen LogP contribution in [0.4, 0.5) is 5.69 Å². The summed E-state index contributed by atoms with van der Waals surface area (Å²) in [5.74, 6) is -1.37. The molecule has 0 radical (unpaired) electrons. The van der Waals surface area contributed by atoms with Crippen LogP contribution >= 0.6 is 0 Å². The van der Waals surface area contributed by atoms with Crippen LogP contribution in [0.15, 0.2) is 72.4 Å². The zero-order chi connectivity index (χ0) is 22.1. The number of benzene rings is 2. The maximum Gasteiger partial charge on any atom is 0.300 e. The first-order valence-corrected chi connectivity index (χ1v) is 9.86. The van der Waals surface area contributed by atoms with Crippen molar-refractivity contribution >= 4 is 23.1 Å². The number of nitrogens with zero attached hydrogens (tertiary/aromatic N) is 2. The number of para-hydroxylation sites is 1. The van der Waals surface area contributed by atoms with Crippen LogP contribution in [0, 0.1) is 13.8 Å². The molecule has 1 aromatic heterocycles. The minimum absolute atomic E-state index is 0.0218. The molecule has 0 bridgehead atoms. The van der Waals surface area contributed by atoms with E-state index < -0.39 is 17.7 Å². The average Bonchev–Trinajstić information content (AvgIpc) is 3.06. The number of ether oxygens (including phenoxy) is 1. The smallest absolute Gasteiger partial charge is 0.300 e. The molecule has 1 N–H and O–H groups in total. The van der Waals surface area contributed by atoms with Crippen LogP contribution in [0.5, 0.6) is 5.75 Å². The first-order chi connectivity index (χ1) is 14.9. The maximum absolute atomic E-state index is 13.2. The topological polar surface area (TPSA) is 79.7 Å². The fraction of sp³-hybridized carbons (Fsp3) is 0.160. The zero-order valence-electron chi connectivity index (χ0n) is 17.5. The van der Waals surface area contributed by atoms with Gasteiger partial charge in [-0.05, 0) is 61.4 Å². The van der Waals surface area contributed by atoms with Crippen LogP contribution in [0.3, 0.4) is 0 Å². The van der Waals surface area contributed by atoms with E-state index in [4.69, 9.17) is 4.74 Å². The van der Waals surface area contributed by atoms with Gasteiger partial charge < -0.3 is 9.84 Å². The van der Waals surface area contributed by atoms with Crippen molar-refractivity contribution in [2.45, 2.75) is 19.9 Å². The van der Waals surface area contributed by atoms with Crippen molar-refractivity contribution in [3.8, 4) is 5.75 Å². The minimum atomic E-state index is -0.867. The average molecular weight is 414 g/mol. The number of Topliss-reactive ketones (excluding diaryl/α,β-unsaturated/α-hetero) is 1. The van der Waals surface area contributed by atoms with Gasteiger partial charge in [0.2, 0.25) is 0 Å². The van der Waals surface area contributed by atoms with E-state index in [-0.39, 0.29) is 11.3 Å². The van der Waals surface area contributed by atoms with Crippen molar-refractivity contribution < 1.29 is 19.4 Å². The molecule has 1 fully saturated rings. The number of aromatic nitrogens is 1. The molecule has 4 rings (SSSR count). The molecule has 1 saturated heterocycles. The summed E-state index contributed by atoms with van der Waals surface area (Å²) in [6.45, 7) is 3.92. The largest absolute Gasteiger partial charge is 0.507 e. The zero-order valence-corrected chi connectivity index (χ0v) is 17.5. The van der Waals surface area contributed by atoms with E-state index in [9.17, 15) is 14.7 Å². The number of carbonyl (C=O) groups excluding carboxylic acids is 2. The van der Waals surface area contributed by atoms with Gasteiger partial charge in [0.05, 0.1) is 23.9 Å². The van der Waals surface area contributed by atoms with Gasteiger partial charge in [-0.15, -0.1) is 0 Å². The van der Waals surface area contributed by atoms with Crippen LogP contribution < -0.4 is 9.64 Å². The normalized spacial score (nSPS) is 17.8. The molecule has 1 amide bonds. The lowest BCUT2D eigenvalue weighted by atomic mass is 9.97. The van der Waals surface area contributed by atoms with Gasteiger partial charge >= 0.3 is 0 Å². The highest BCUT2D eigenvalue weighted by atomic mass is 16.5. The number of aliphatic hydroxyl groups excluding tert-OH is 1. The SMILES string of the molecule is COc1ccccc1/C(O)=C1\C(=O)C(=O)N(c2ccc(C)c(C)c2)C1c1ccccn1. The molecule has 156 valence electrons. The Balaban J connectivity index is 1.97. The first kappa shape index (κ1) is 20.3. The third-order valence-electron chi connectivity index (χ3n) is 5.54. The van der Waals surface area contributed by atoms with E-state index in [1.54, 1.807) is 54.7 Å². The summed E-state index contributed by atoms with van der Waals surface area (Å²) in [4.78, 5) is 32.1. The molecule has 2 aromatic carbocycles. The number of hydrogen-bond acceptors (Lipinski definition) is 5. The number of methoxy groups -OCH3 is 1. The number of ketones is 1. The lowest BCUT2D eigenvalue weighted by Crippen LogP contribution is -2.29. The summed E-state index contributed by atoms with van der Waals surface area (Å²) in [6, 6.07) is 16.8. The molecule has 0 aliphatic carbocycles. The molecule has 1 unspecified atom stereocenters. The Hall–Kier alpha value is -3.93. The summed E-state index contributed by atoms with van der Waals surface area (Å²) in [6.07, 6.45) is 1.60. The predicted octanol–water partition coefficient (Wildman–Crippen LogP) is 4.33. The van der Waals surface area contributed by atoms with Gasteiger partial charge in [-0.1, -0.05) is 24.3 Å². The number of aryl methyl sites for hydroxylation is 2. The number of amides is 1. The summed E-state index contributed by atoms with van der Waals surface area (Å²) in [7, 11) is 1.48. The van der Waals surface area contributed by atoms with Crippen LogP contribution in [0.2, 0.25) is 0 Å². The molecule has 2 heterocycles. The summed E-state index contributed by atoms with van der Waals surface area (Å²) in [5, 5.41) is 11.2. The second kappa shape index (κ2) is 8.07. The fourth-order valence-corrected chi connectivity index (χ4v) is 3.78. The van der Waals surface area contributed by atoms with Crippen LogP contribution in [0.1, 0.15) is 28.4 Å². The molecule has 31 heavy (non-hydrogen) atoms. The fourth-order valence-electron chi connectivity index (χ4n) is 3.78. The second-order valence-electron chi connectivity index (χ2n) is 7.39. The highest BCUT2D eigenvalue weighted by Gasteiger charge is 2.47. The van der Waals surface area contributed by atoms with Gasteiger partial charge in [-0.25, -0.2) is 0 Å². The molecular formula is C25H22N2O4. The molecule has 1 aliphatic rings. The Bertz CT molecular complexity index is 1200. The third-order valence-corrected chi connectivity index (χ3v) is 5.54. The highest BCUT2D eigenvalue weighted by molar-refractivity contribution is 6.51. The molecular weight excluding hydrogens is 392 g/mol. The number of aliphatic hydroxyl groups is 1. The number of carbonyl (C=O) groups is 2. The molecule has 6 nitrogen and oxygen atoms in total. The van der Waals surface area contributed by atoms with Gasteiger partial charge in [0, 0.05) is 11.9 Å². The number of rotatable bonds is 4. The Labute approximate surface area is 180 Å². The molecule has 1 atom stereocenters. The van der Waals surface area contributed by atoms with Crippen molar-refractivity contribution in [1.29, 1.82) is 0 Å². The van der Waals surface area contributed by atoms with Crippen LogP contribution in [-0.2, 0) is 9.59 Å². The molecule has 1 aliphatic heterocycles. The van der Waals surface area contributed by atoms with Crippen LogP contribution in [-0.4, -0.2) is 28.9 Å². The second-order valence-corrected chi connectivity index (χ2v) is 7.39. The van der Waals surface area contributed by atoms with Crippen LogP contribution in [0.25, 0.3) is 5.76 Å². The highest BCUT2D eigenvalue weighted by Crippen LogP contribution is 2.42.